The van der Waals surface area contributed by atoms with Crippen LogP contribution in [-0.4, -0.2) is 20.7 Å². The van der Waals surface area contributed by atoms with E-state index < -0.39 is 5.91 Å². The second-order valence-corrected chi connectivity index (χ2v) is 6.97. The molecule has 0 unspecified atom stereocenters. The van der Waals surface area contributed by atoms with Gasteiger partial charge in [-0.2, -0.15) is 5.10 Å². The fraction of sp³-hybridized carbons (Fsp3) is 0.267. The van der Waals surface area contributed by atoms with Crippen LogP contribution in [0.15, 0.2) is 28.5 Å². The molecule has 0 bridgehead atoms. The first-order valence-corrected chi connectivity index (χ1v) is 7.66. The highest BCUT2D eigenvalue weighted by molar-refractivity contribution is 7.12. The molecule has 22 heavy (non-hydrogen) atoms. The Hall–Kier alpha value is -2.41. The summed E-state index contributed by atoms with van der Waals surface area (Å²) in [6.07, 6.45) is 1.61. The lowest BCUT2D eigenvalue weighted by Gasteiger charge is -2.20. The largest absolute Gasteiger partial charge is 0.365 e. The summed E-state index contributed by atoms with van der Waals surface area (Å²) in [7, 11) is 0. The zero-order valence-electron chi connectivity index (χ0n) is 12.5. The number of hydrogen-bond donors (Lipinski definition) is 2. The van der Waals surface area contributed by atoms with Crippen LogP contribution in [0.5, 0.6) is 0 Å². The summed E-state index contributed by atoms with van der Waals surface area (Å²) >= 11 is 1.25. The maximum absolute atomic E-state index is 12.3. The molecule has 0 fully saturated rings. The molecule has 0 aromatic carbocycles. The van der Waals surface area contributed by atoms with Crippen molar-refractivity contribution in [3.63, 3.8) is 0 Å². The molecule has 0 aliphatic heterocycles. The molecule has 1 amide bonds. The zero-order chi connectivity index (χ0) is 16.1. The molecule has 0 saturated carbocycles. The third-order valence-electron chi connectivity index (χ3n) is 3.35. The van der Waals surface area contributed by atoms with Gasteiger partial charge in [0.25, 0.3) is 11.5 Å². The van der Waals surface area contributed by atoms with E-state index in [-0.39, 0.29) is 11.1 Å². The van der Waals surface area contributed by atoms with Gasteiger partial charge in [0.2, 0.25) is 0 Å². The van der Waals surface area contributed by atoms with Crippen LogP contribution in [0, 0.1) is 0 Å². The van der Waals surface area contributed by atoms with Crippen LogP contribution in [0.1, 0.15) is 30.4 Å². The van der Waals surface area contributed by atoms with Crippen LogP contribution in [-0.2, 0) is 5.54 Å². The number of primary amides is 1. The lowest BCUT2D eigenvalue weighted by Crippen LogP contribution is -2.23. The van der Waals surface area contributed by atoms with Crippen LogP contribution >= 0.6 is 11.3 Å². The number of hydrogen-bond acceptors (Lipinski definition) is 4. The fourth-order valence-corrected chi connectivity index (χ4v) is 3.13. The Morgan fingerprint density at radius 3 is 2.73 bits per heavy atom. The lowest BCUT2D eigenvalue weighted by molar-refractivity contribution is 0.100. The van der Waals surface area contributed by atoms with Gasteiger partial charge >= 0.3 is 0 Å². The highest BCUT2D eigenvalue weighted by Gasteiger charge is 2.23. The molecule has 6 nitrogen and oxygen atoms in total. The summed E-state index contributed by atoms with van der Waals surface area (Å²) in [5.41, 5.74) is 6.88. The van der Waals surface area contributed by atoms with Crippen molar-refractivity contribution in [3.8, 4) is 11.3 Å². The van der Waals surface area contributed by atoms with Gasteiger partial charge in [-0.25, -0.2) is 0 Å². The number of nitrogens with one attached hydrogen (secondary N) is 1. The predicted octanol–water partition coefficient (Wildman–Crippen LogP) is 2.31. The summed E-state index contributed by atoms with van der Waals surface area (Å²) < 4.78 is 1.83. The maximum Gasteiger partial charge on any atom is 0.259 e. The molecule has 3 rings (SSSR count). The number of H-pyrrole nitrogens is 1. The normalized spacial score (nSPS) is 12.0. The predicted molar refractivity (Wildman–Crippen MR) is 87.2 cm³/mol. The number of thiophene rings is 1. The number of nitrogens with two attached hydrogens (primary N) is 1. The van der Waals surface area contributed by atoms with Crippen molar-refractivity contribution in [2.75, 3.05) is 0 Å². The fourth-order valence-electron chi connectivity index (χ4n) is 2.38. The number of fused-ring (bicyclic) bond motifs is 1. The van der Waals surface area contributed by atoms with Gasteiger partial charge < -0.3 is 10.7 Å². The average molecular weight is 316 g/mol. The Kier molecular flexibility index (Phi) is 3.17. The monoisotopic (exact) mass is 316 g/mol. The van der Waals surface area contributed by atoms with Crippen molar-refractivity contribution in [2.45, 2.75) is 26.3 Å². The first-order valence-electron chi connectivity index (χ1n) is 6.78. The average Bonchev–Trinajstić information content (AvgIpc) is 3.02. The highest BCUT2D eigenvalue weighted by atomic mass is 32.1. The molecule has 0 saturated heterocycles. The van der Waals surface area contributed by atoms with Crippen molar-refractivity contribution in [2.24, 2.45) is 5.73 Å². The molecule has 0 radical (unpaired) electrons. The molecule has 3 aromatic heterocycles. The smallest absolute Gasteiger partial charge is 0.259 e. The zero-order valence-corrected chi connectivity index (χ0v) is 13.3. The summed E-state index contributed by atoms with van der Waals surface area (Å²) in [5, 5.41) is 6.93. The standard InChI is InChI=1S/C15H16N4O2S/c1-15(2,3)19-9-4-5-17-14(21)11(9)12(18-19)8-6-10(13(16)20)22-7-8/h4-7H,1-3H3,(H2,16,20)(H,17,21). The van der Waals surface area contributed by atoms with Crippen molar-refractivity contribution in [3.05, 3.63) is 38.9 Å². The van der Waals surface area contributed by atoms with Gasteiger partial charge in [-0.1, -0.05) is 0 Å². The molecule has 3 N–H and O–H groups in total. The van der Waals surface area contributed by atoms with Gasteiger partial charge in [0.15, 0.2) is 0 Å². The Balaban J connectivity index is 2.34. The number of carbonyl (C=O) groups excluding carboxylic acids is 1. The topological polar surface area (TPSA) is 93.8 Å². The summed E-state index contributed by atoms with van der Waals surface area (Å²) in [6.45, 7) is 6.06. The Morgan fingerprint density at radius 2 is 2.14 bits per heavy atom. The molecular weight excluding hydrogens is 300 g/mol. The molecule has 0 aliphatic carbocycles. The van der Waals surface area contributed by atoms with E-state index in [1.54, 1.807) is 17.6 Å². The summed E-state index contributed by atoms with van der Waals surface area (Å²) in [6, 6.07) is 3.51. The number of nitrogens with zero attached hydrogens (tertiary/aromatic N) is 2. The third-order valence-corrected chi connectivity index (χ3v) is 4.30. The van der Waals surface area contributed by atoms with Crippen LogP contribution in [0.4, 0.5) is 0 Å². The number of carbonyl (C=O) groups is 1. The van der Waals surface area contributed by atoms with Crippen molar-refractivity contribution in [1.82, 2.24) is 14.8 Å². The van der Waals surface area contributed by atoms with Crippen LogP contribution in [0.2, 0.25) is 0 Å². The second-order valence-electron chi connectivity index (χ2n) is 6.06. The van der Waals surface area contributed by atoms with E-state index in [2.05, 4.69) is 10.1 Å². The van der Waals surface area contributed by atoms with Crippen LogP contribution in [0.3, 0.4) is 0 Å². The van der Waals surface area contributed by atoms with Gasteiger partial charge in [-0.3, -0.25) is 14.3 Å². The molecule has 3 aromatic rings. The maximum atomic E-state index is 12.3. The van der Waals surface area contributed by atoms with Gasteiger partial charge in [-0.05, 0) is 32.9 Å². The highest BCUT2D eigenvalue weighted by Crippen LogP contribution is 2.31. The Bertz CT molecular complexity index is 927. The third kappa shape index (κ3) is 2.23. The Labute approximate surface area is 130 Å². The van der Waals surface area contributed by atoms with Gasteiger partial charge in [0, 0.05) is 17.1 Å². The van der Waals surface area contributed by atoms with Gasteiger partial charge in [0.05, 0.1) is 21.3 Å². The quantitative estimate of drug-likeness (QED) is 0.759. The van der Waals surface area contributed by atoms with E-state index in [1.807, 2.05) is 31.5 Å². The molecule has 0 aliphatic rings. The lowest BCUT2D eigenvalue weighted by atomic mass is 10.1. The van der Waals surface area contributed by atoms with Crippen LogP contribution < -0.4 is 11.3 Å². The Morgan fingerprint density at radius 1 is 1.41 bits per heavy atom. The summed E-state index contributed by atoms with van der Waals surface area (Å²) in [5.74, 6) is -0.482. The number of rotatable bonds is 2. The van der Waals surface area contributed by atoms with E-state index >= 15 is 0 Å². The number of pyridine rings is 1. The van der Waals surface area contributed by atoms with Crippen LogP contribution in [0.25, 0.3) is 22.2 Å². The molecule has 7 heteroatoms. The first kappa shape index (κ1) is 14.5. The minimum atomic E-state index is -0.482. The molecule has 114 valence electrons. The van der Waals surface area contributed by atoms with E-state index in [0.717, 1.165) is 11.1 Å². The van der Waals surface area contributed by atoms with Crippen molar-refractivity contribution >= 4 is 28.1 Å². The van der Waals surface area contributed by atoms with Gasteiger partial charge in [0.1, 0.15) is 5.69 Å². The number of aromatic nitrogens is 3. The summed E-state index contributed by atoms with van der Waals surface area (Å²) in [4.78, 5) is 26.7. The van der Waals surface area contributed by atoms with E-state index in [1.165, 1.54) is 11.3 Å². The first-order chi connectivity index (χ1) is 10.3. The number of amides is 1. The van der Waals surface area contributed by atoms with E-state index in [9.17, 15) is 9.59 Å². The van der Waals surface area contributed by atoms with E-state index in [0.29, 0.717) is 16.0 Å². The van der Waals surface area contributed by atoms with Gasteiger partial charge in [-0.15, -0.1) is 11.3 Å². The minimum absolute atomic E-state index is 0.199. The van der Waals surface area contributed by atoms with E-state index in [4.69, 9.17) is 5.73 Å². The number of aromatic amines is 1. The second kappa shape index (κ2) is 4.81. The molecule has 3 heterocycles. The van der Waals surface area contributed by atoms with Crippen molar-refractivity contribution < 1.29 is 4.79 Å². The minimum Gasteiger partial charge on any atom is -0.365 e. The molecule has 0 spiro atoms. The molecular formula is C15H16N4O2S. The molecule has 0 atom stereocenters. The SMILES string of the molecule is CC(C)(C)n1nc(-c2csc(C(N)=O)c2)c2c(=O)[nH]ccc21. The van der Waals surface area contributed by atoms with Crippen molar-refractivity contribution in [1.29, 1.82) is 0 Å².